The van der Waals surface area contributed by atoms with Gasteiger partial charge >= 0.3 is 11.4 Å². The Morgan fingerprint density at radius 2 is 0.700 bits per heavy atom. The van der Waals surface area contributed by atoms with Gasteiger partial charge in [-0.3, -0.25) is 53.8 Å². The molecule has 0 saturated heterocycles. The predicted molar refractivity (Wildman–Crippen MR) is 385 cm³/mol. The van der Waals surface area contributed by atoms with E-state index in [2.05, 4.69) is 28.2 Å². The Morgan fingerprint density at radius 3 is 1.04 bits per heavy atom. The number of anilines is 4. The van der Waals surface area contributed by atoms with Crippen molar-refractivity contribution in [3.8, 4) is 34.5 Å². The highest BCUT2D eigenvalue weighted by atomic mass is 16.6. The molecule has 0 radical (unpaired) electrons. The minimum Gasteiger partial charge on any atom is -0.491 e. The molecule has 0 spiro atoms. The number of nitro groups is 2. The fraction of sp³-hybridized carbons (Fsp3) is 0.419. The van der Waals surface area contributed by atoms with Crippen molar-refractivity contribution in [1.29, 1.82) is 0 Å². The second-order valence-electron chi connectivity index (χ2n) is 25.2. The lowest BCUT2D eigenvalue weighted by molar-refractivity contribution is -0.386. The molecule has 100 heavy (non-hydrogen) atoms. The molecule has 0 bridgehead atoms. The van der Waals surface area contributed by atoms with E-state index < -0.39 is 39.4 Å². The first-order valence-electron chi connectivity index (χ1n) is 33.5. The predicted octanol–water partition coefficient (Wildman–Crippen LogP) is 14.7. The Bertz CT molecular complexity index is 3780. The van der Waals surface area contributed by atoms with Crippen molar-refractivity contribution in [2.24, 2.45) is 40.9 Å². The van der Waals surface area contributed by atoms with Gasteiger partial charge in [-0.2, -0.15) is 0 Å². The van der Waals surface area contributed by atoms with Gasteiger partial charge in [-0.15, -0.1) is 0 Å². The highest BCUT2D eigenvalue weighted by Crippen LogP contribution is 2.35. The molecule has 1 unspecified atom stereocenters. The van der Waals surface area contributed by atoms with E-state index in [1.165, 1.54) is 91.3 Å². The number of carbonyl (C=O) groups is 7. The van der Waals surface area contributed by atoms with Gasteiger partial charge in [-0.25, -0.2) is 0 Å². The number of hydrogen-bond acceptors (Lipinski definition) is 17. The monoisotopic (exact) mass is 1380 g/mol. The number of carbonyl (C=O) groups excluding carboxylic acids is 7. The molecule has 6 rings (SSSR count). The minimum absolute atomic E-state index is 0.0207. The molecule has 0 heterocycles. The third-order valence-corrected chi connectivity index (χ3v) is 14.4. The van der Waals surface area contributed by atoms with Gasteiger partial charge in [0.05, 0.1) is 71.7 Å². The van der Waals surface area contributed by atoms with Gasteiger partial charge in [0.25, 0.3) is 17.7 Å². The number of ether oxygens (including phenoxy) is 6. The summed E-state index contributed by atoms with van der Waals surface area (Å²) >= 11 is 0. The van der Waals surface area contributed by atoms with Crippen LogP contribution in [-0.4, -0.2) is 90.3 Å². The van der Waals surface area contributed by atoms with E-state index >= 15 is 0 Å². The van der Waals surface area contributed by atoms with Gasteiger partial charge in [-0.1, -0.05) is 108 Å². The topological polar surface area (TPSA) is 387 Å². The zero-order valence-electron chi connectivity index (χ0n) is 59.2. The first-order chi connectivity index (χ1) is 47.4. The molecule has 0 aliphatic heterocycles. The van der Waals surface area contributed by atoms with Crippen LogP contribution in [-0.2, 0) is 4.79 Å². The fourth-order valence-corrected chi connectivity index (χ4v) is 8.74. The van der Waals surface area contributed by atoms with Gasteiger partial charge in [0.2, 0.25) is 23.6 Å². The summed E-state index contributed by atoms with van der Waals surface area (Å²) in [6.07, 6.45) is 7.77. The number of nitrogens with one attached hydrogen (secondary N) is 4. The molecular formula is C74H97N9O17. The number of primary amides is 3. The SMILES string of the molecule is CCC(C)Oc1cc(C(=O)Nc2ccc(C(N)=O)cc2OCC(C)C)ccc1[N+](=O)[O-].CCCCCCCC(=O)Nc1ccc(C(=O)Nc2ccc(C(N)=O)cc2OCC(C)C)cc1OCC(C)C.CCCCOc1cc(C(=O)Nc2ccc(C(N)=O)cc2OCC(C)C)ccc1[N+](=O)[O-]. The molecule has 6 aromatic rings. The number of nitro benzene ring substituents is 2. The maximum atomic E-state index is 13.2. The molecule has 7 amide bonds. The van der Waals surface area contributed by atoms with Gasteiger partial charge < -0.3 is 66.9 Å². The van der Waals surface area contributed by atoms with Crippen molar-refractivity contribution >= 4 is 75.5 Å². The summed E-state index contributed by atoms with van der Waals surface area (Å²) < 4.78 is 34.4. The summed E-state index contributed by atoms with van der Waals surface area (Å²) in [4.78, 5) is 107. The average Bonchev–Trinajstić information content (AvgIpc) is 0.844. The second-order valence-corrected chi connectivity index (χ2v) is 25.2. The lowest BCUT2D eigenvalue weighted by atomic mass is 10.1. The molecule has 0 aliphatic rings. The molecule has 0 fully saturated rings. The molecule has 0 aliphatic carbocycles. The Kier molecular flexibility index (Phi) is 33.8. The zero-order chi connectivity index (χ0) is 74.2. The van der Waals surface area contributed by atoms with Crippen LogP contribution in [0.25, 0.3) is 0 Å². The van der Waals surface area contributed by atoms with Crippen molar-refractivity contribution < 1.29 is 71.8 Å². The van der Waals surface area contributed by atoms with Crippen LogP contribution in [0.3, 0.4) is 0 Å². The van der Waals surface area contributed by atoms with Crippen LogP contribution in [0.5, 0.6) is 34.5 Å². The smallest absolute Gasteiger partial charge is 0.310 e. The Labute approximate surface area is 584 Å². The Balaban J connectivity index is 0.000000321. The zero-order valence-corrected chi connectivity index (χ0v) is 59.2. The normalized spacial score (nSPS) is 11.0. The highest BCUT2D eigenvalue weighted by Gasteiger charge is 2.24. The molecule has 26 nitrogen and oxygen atoms in total. The average molecular weight is 1380 g/mol. The van der Waals surface area contributed by atoms with Crippen molar-refractivity contribution in [1.82, 2.24) is 0 Å². The van der Waals surface area contributed by atoms with Crippen molar-refractivity contribution in [2.75, 3.05) is 54.3 Å². The lowest BCUT2D eigenvalue weighted by Crippen LogP contribution is -2.17. The summed E-state index contributed by atoms with van der Waals surface area (Å²) in [5, 5.41) is 33.8. The quantitative estimate of drug-likeness (QED) is 0.0108. The van der Waals surface area contributed by atoms with E-state index in [1.807, 2.05) is 69.2 Å². The third-order valence-electron chi connectivity index (χ3n) is 14.4. The van der Waals surface area contributed by atoms with E-state index in [0.29, 0.717) is 97.2 Å². The number of benzene rings is 6. The number of nitrogens with zero attached hydrogens (tertiary/aromatic N) is 2. The number of nitrogens with two attached hydrogens (primary N) is 3. The Hall–Kier alpha value is -10.8. The van der Waals surface area contributed by atoms with E-state index in [1.54, 1.807) is 31.2 Å². The number of rotatable bonds is 37. The van der Waals surface area contributed by atoms with E-state index in [0.717, 1.165) is 38.5 Å². The summed E-state index contributed by atoms with van der Waals surface area (Å²) in [5.41, 5.74) is 18.8. The van der Waals surface area contributed by atoms with Gasteiger partial charge in [0.1, 0.15) is 23.0 Å². The van der Waals surface area contributed by atoms with Crippen LogP contribution in [0.1, 0.15) is 203 Å². The Morgan fingerprint density at radius 1 is 0.390 bits per heavy atom. The van der Waals surface area contributed by atoms with Crippen LogP contribution in [0.2, 0.25) is 0 Å². The molecule has 0 aromatic heterocycles. The lowest BCUT2D eigenvalue weighted by Gasteiger charge is -2.17. The molecule has 0 saturated carbocycles. The van der Waals surface area contributed by atoms with Gasteiger partial charge in [0, 0.05) is 64.1 Å². The highest BCUT2D eigenvalue weighted by molar-refractivity contribution is 6.08. The molecule has 540 valence electrons. The van der Waals surface area contributed by atoms with Crippen LogP contribution in [0.15, 0.2) is 109 Å². The molecule has 1 atom stereocenters. The van der Waals surface area contributed by atoms with Crippen molar-refractivity contribution in [2.45, 2.75) is 147 Å². The maximum absolute atomic E-state index is 13.2. The summed E-state index contributed by atoms with van der Waals surface area (Å²) in [6.45, 7) is 25.6. The molecule has 26 heteroatoms. The van der Waals surface area contributed by atoms with Crippen LogP contribution >= 0.6 is 0 Å². The summed E-state index contributed by atoms with van der Waals surface area (Å²) in [7, 11) is 0. The van der Waals surface area contributed by atoms with Gasteiger partial charge in [0.15, 0.2) is 11.5 Å². The van der Waals surface area contributed by atoms with E-state index in [-0.39, 0.29) is 92.3 Å². The van der Waals surface area contributed by atoms with Crippen LogP contribution < -0.4 is 66.9 Å². The molecule has 6 aromatic carbocycles. The summed E-state index contributed by atoms with van der Waals surface area (Å²) in [6, 6.07) is 26.4. The third kappa shape index (κ3) is 27.6. The van der Waals surface area contributed by atoms with E-state index in [4.69, 9.17) is 45.6 Å². The largest absolute Gasteiger partial charge is 0.491 e. The van der Waals surface area contributed by atoms with Crippen LogP contribution in [0, 0.1) is 43.9 Å². The van der Waals surface area contributed by atoms with E-state index in [9.17, 15) is 53.8 Å². The molecular weight excluding hydrogens is 1290 g/mol. The maximum Gasteiger partial charge on any atom is 0.310 e. The van der Waals surface area contributed by atoms with Crippen LogP contribution in [0.4, 0.5) is 34.1 Å². The minimum atomic E-state index is -0.616. The van der Waals surface area contributed by atoms with Gasteiger partial charge in [-0.05, 0) is 135 Å². The first-order valence-corrected chi connectivity index (χ1v) is 33.5. The first kappa shape index (κ1) is 81.6. The number of unbranched alkanes of at least 4 members (excludes halogenated alkanes) is 5. The van der Waals surface area contributed by atoms with Crippen molar-refractivity contribution in [3.05, 3.63) is 163 Å². The second kappa shape index (κ2) is 41.5. The molecule has 10 N–H and O–H groups in total. The summed E-state index contributed by atoms with van der Waals surface area (Å²) in [5.74, 6) is -0.869. The number of amides is 7. The standard InChI is InChI=1S/C30H43N3O5.2C22H27N3O6/c1-6-7-8-9-10-11-28(34)32-24-15-13-23(17-27(24)38-19-21(4)5)30(36)33-25-14-12-22(29(31)35)16-26(25)37-18-20(2)3;1-5-14(4)31-20-11-16(7-9-18(20)25(28)29)22(27)24-17-8-6-15(21(23)26)10-19(17)30-12-13(2)3;1-4-5-10-30-20-12-16(7-9-18(20)25(28)29)22(27)24-17-8-6-15(21(23)26)11-19(17)31-13-14(2)3/h12-17,20-21H,6-11,18-19H2,1-5H3,(H2,31,35)(H,32,34)(H,33,36);6-11,13-14H,5,12H2,1-4H3,(H2,23,26)(H,24,27);6-9,11-12,14H,4-5,10,13H2,1-3H3,(H2,23,26)(H,24,27). The fourth-order valence-electron chi connectivity index (χ4n) is 8.74. The number of hydrogen-bond donors (Lipinski definition) is 7. The van der Waals surface area contributed by atoms with Crippen molar-refractivity contribution in [3.63, 3.8) is 0 Å².